The number of allylic oxidation sites excluding steroid dienone is 1. The van der Waals surface area contributed by atoms with E-state index in [1.54, 1.807) is 0 Å². The van der Waals surface area contributed by atoms with Crippen molar-refractivity contribution >= 4 is 11.0 Å². The van der Waals surface area contributed by atoms with Crippen LogP contribution >= 0.6 is 0 Å². The third kappa shape index (κ3) is 3.41. The monoisotopic (exact) mass is 323 g/mol. The summed E-state index contributed by atoms with van der Waals surface area (Å²) in [5.41, 5.74) is 4.61. The largest absolute Gasteiger partial charge is 0.328 e. The van der Waals surface area contributed by atoms with Crippen molar-refractivity contribution in [3.63, 3.8) is 0 Å². The van der Waals surface area contributed by atoms with Crippen LogP contribution in [0.1, 0.15) is 24.0 Å². The number of fused-ring (bicyclic) bond motifs is 1. The predicted octanol–water partition coefficient (Wildman–Crippen LogP) is 3.08. The molecule has 0 aliphatic heterocycles. The number of rotatable bonds is 8. The number of aryl methyl sites for hydroxylation is 2. The smallest absolute Gasteiger partial charge is 0.111 e. The molecule has 1 N–H and O–H groups in total. The molecule has 0 atom stereocenters. The van der Waals surface area contributed by atoms with E-state index in [9.17, 15) is 0 Å². The molecule has 0 unspecified atom stereocenters. The van der Waals surface area contributed by atoms with Gasteiger partial charge in [-0.15, -0.1) is 6.58 Å². The standard InChI is InChI=1S/C19H25N5/c1-4-12-23-14-16(15(3)22-23)13-20-11-10-19-21-17-8-6-7-9-18(17)24(19)5-2/h4,6-9,14,20H,1,5,10-13H2,2-3H3. The first-order chi connectivity index (χ1) is 11.7. The molecule has 126 valence electrons. The summed E-state index contributed by atoms with van der Waals surface area (Å²) >= 11 is 0. The summed E-state index contributed by atoms with van der Waals surface area (Å²) in [7, 11) is 0. The molecule has 2 aromatic heterocycles. The zero-order valence-corrected chi connectivity index (χ0v) is 14.5. The number of nitrogens with zero attached hydrogens (tertiary/aromatic N) is 4. The van der Waals surface area contributed by atoms with Crippen LogP contribution in [0.2, 0.25) is 0 Å². The Bertz CT molecular complexity index is 828. The van der Waals surface area contributed by atoms with Crippen molar-refractivity contribution in [3.05, 3.63) is 60.2 Å². The minimum atomic E-state index is 0.751. The van der Waals surface area contributed by atoms with Crippen molar-refractivity contribution < 1.29 is 0 Å². The summed E-state index contributed by atoms with van der Waals surface area (Å²) in [5, 5.41) is 7.99. The molecule has 24 heavy (non-hydrogen) atoms. The molecular weight excluding hydrogens is 298 g/mol. The first-order valence-electron chi connectivity index (χ1n) is 8.51. The molecule has 3 aromatic rings. The molecule has 1 aromatic carbocycles. The van der Waals surface area contributed by atoms with Crippen LogP contribution in [0.15, 0.2) is 43.1 Å². The third-order valence-corrected chi connectivity index (χ3v) is 4.25. The minimum Gasteiger partial charge on any atom is -0.328 e. The van der Waals surface area contributed by atoms with Gasteiger partial charge in [0.25, 0.3) is 0 Å². The van der Waals surface area contributed by atoms with Crippen LogP contribution in [0.5, 0.6) is 0 Å². The average Bonchev–Trinajstić information content (AvgIpc) is 3.11. The number of imidazole rings is 1. The van der Waals surface area contributed by atoms with Crippen LogP contribution in [0, 0.1) is 6.92 Å². The van der Waals surface area contributed by atoms with Crippen molar-refractivity contribution in [2.45, 2.75) is 39.9 Å². The Morgan fingerprint density at radius 2 is 2.12 bits per heavy atom. The zero-order chi connectivity index (χ0) is 16.9. The van der Waals surface area contributed by atoms with Gasteiger partial charge in [-0.2, -0.15) is 5.10 Å². The van der Waals surface area contributed by atoms with Crippen molar-refractivity contribution in [2.24, 2.45) is 0 Å². The van der Waals surface area contributed by atoms with Crippen LogP contribution in [-0.4, -0.2) is 25.9 Å². The van der Waals surface area contributed by atoms with Gasteiger partial charge in [-0.3, -0.25) is 4.68 Å². The van der Waals surface area contributed by atoms with Crippen LogP contribution in [0.25, 0.3) is 11.0 Å². The average molecular weight is 323 g/mol. The van der Waals surface area contributed by atoms with Gasteiger partial charge in [-0.05, 0) is 26.0 Å². The van der Waals surface area contributed by atoms with E-state index in [0.29, 0.717) is 0 Å². The maximum atomic E-state index is 4.77. The molecule has 0 fully saturated rings. The van der Waals surface area contributed by atoms with E-state index in [0.717, 1.165) is 49.6 Å². The van der Waals surface area contributed by atoms with Gasteiger partial charge in [0.05, 0.1) is 23.3 Å². The normalized spacial score (nSPS) is 11.2. The van der Waals surface area contributed by atoms with Crippen molar-refractivity contribution in [2.75, 3.05) is 6.54 Å². The van der Waals surface area contributed by atoms with Crippen molar-refractivity contribution in [3.8, 4) is 0 Å². The quantitative estimate of drug-likeness (QED) is 0.512. The Morgan fingerprint density at radius 1 is 1.29 bits per heavy atom. The highest BCUT2D eigenvalue weighted by Crippen LogP contribution is 2.16. The second-order valence-corrected chi connectivity index (χ2v) is 5.94. The molecule has 0 radical (unpaired) electrons. The van der Waals surface area contributed by atoms with Gasteiger partial charge >= 0.3 is 0 Å². The van der Waals surface area contributed by atoms with E-state index in [1.807, 2.05) is 23.7 Å². The van der Waals surface area contributed by atoms with Gasteiger partial charge in [0.2, 0.25) is 0 Å². The molecule has 3 rings (SSSR count). The van der Waals surface area contributed by atoms with Gasteiger partial charge in [-0.25, -0.2) is 4.98 Å². The lowest BCUT2D eigenvalue weighted by molar-refractivity contribution is 0.638. The molecule has 5 heteroatoms. The molecule has 0 bridgehead atoms. The first kappa shape index (κ1) is 16.5. The molecule has 2 heterocycles. The van der Waals surface area contributed by atoms with Crippen molar-refractivity contribution in [1.82, 2.24) is 24.6 Å². The summed E-state index contributed by atoms with van der Waals surface area (Å²) in [6, 6.07) is 8.33. The van der Waals surface area contributed by atoms with Crippen molar-refractivity contribution in [1.29, 1.82) is 0 Å². The number of para-hydroxylation sites is 2. The Balaban J connectivity index is 1.60. The van der Waals surface area contributed by atoms with Crippen LogP contribution in [0.4, 0.5) is 0 Å². The van der Waals surface area contributed by atoms with Crippen LogP contribution in [-0.2, 0) is 26.1 Å². The number of nitrogens with one attached hydrogen (secondary N) is 1. The molecule has 0 amide bonds. The van der Waals surface area contributed by atoms with Gasteiger partial charge in [0, 0.05) is 37.8 Å². The molecular formula is C19H25N5. The second kappa shape index (κ2) is 7.45. The fourth-order valence-electron chi connectivity index (χ4n) is 3.05. The number of benzene rings is 1. The summed E-state index contributed by atoms with van der Waals surface area (Å²) in [4.78, 5) is 4.77. The fourth-order valence-corrected chi connectivity index (χ4v) is 3.05. The highest BCUT2D eigenvalue weighted by Gasteiger charge is 2.09. The summed E-state index contributed by atoms with van der Waals surface area (Å²) in [6.07, 6.45) is 4.87. The van der Waals surface area contributed by atoms with E-state index in [2.05, 4.69) is 52.9 Å². The van der Waals surface area contributed by atoms with Gasteiger partial charge in [0.1, 0.15) is 5.82 Å². The topological polar surface area (TPSA) is 47.7 Å². The van der Waals surface area contributed by atoms with Crippen LogP contribution in [0.3, 0.4) is 0 Å². The molecule has 0 spiro atoms. The molecule has 0 aliphatic rings. The number of hydrogen-bond donors (Lipinski definition) is 1. The van der Waals surface area contributed by atoms with E-state index in [-0.39, 0.29) is 0 Å². The highest BCUT2D eigenvalue weighted by atomic mass is 15.3. The van der Waals surface area contributed by atoms with E-state index in [4.69, 9.17) is 4.98 Å². The van der Waals surface area contributed by atoms with E-state index < -0.39 is 0 Å². The number of aromatic nitrogens is 4. The maximum absolute atomic E-state index is 4.77. The predicted molar refractivity (Wildman–Crippen MR) is 98.0 cm³/mol. The summed E-state index contributed by atoms with van der Waals surface area (Å²) in [5.74, 6) is 1.14. The minimum absolute atomic E-state index is 0.751. The molecule has 0 saturated heterocycles. The first-order valence-corrected chi connectivity index (χ1v) is 8.51. The van der Waals surface area contributed by atoms with Gasteiger partial charge < -0.3 is 9.88 Å². The zero-order valence-electron chi connectivity index (χ0n) is 14.5. The van der Waals surface area contributed by atoms with Gasteiger partial charge in [0.15, 0.2) is 0 Å². The summed E-state index contributed by atoms with van der Waals surface area (Å²) in [6.45, 7) is 11.4. The summed E-state index contributed by atoms with van der Waals surface area (Å²) < 4.78 is 4.22. The Kier molecular flexibility index (Phi) is 5.11. The molecule has 0 saturated carbocycles. The van der Waals surface area contributed by atoms with Crippen LogP contribution < -0.4 is 5.32 Å². The number of hydrogen-bond acceptors (Lipinski definition) is 3. The van der Waals surface area contributed by atoms with E-state index in [1.165, 1.54) is 11.1 Å². The SMILES string of the molecule is C=CCn1cc(CNCCc2nc3ccccc3n2CC)c(C)n1. The Morgan fingerprint density at radius 3 is 2.92 bits per heavy atom. The second-order valence-electron chi connectivity index (χ2n) is 5.94. The fraction of sp³-hybridized carbons (Fsp3) is 0.368. The van der Waals surface area contributed by atoms with Gasteiger partial charge in [-0.1, -0.05) is 18.2 Å². The highest BCUT2D eigenvalue weighted by molar-refractivity contribution is 5.75. The van der Waals surface area contributed by atoms with E-state index >= 15 is 0 Å². The maximum Gasteiger partial charge on any atom is 0.111 e. The lowest BCUT2D eigenvalue weighted by atomic mass is 10.2. The lowest BCUT2D eigenvalue weighted by Gasteiger charge is -2.07. The third-order valence-electron chi connectivity index (χ3n) is 4.25. The molecule has 0 aliphatic carbocycles. The lowest BCUT2D eigenvalue weighted by Crippen LogP contribution is -2.18. The Labute approximate surface area is 143 Å². The molecule has 5 nitrogen and oxygen atoms in total. The Hall–Kier alpha value is -2.40.